The molecule has 1 atom stereocenters. The molecule has 1 unspecified atom stereocenters. The fourth-order valence-corrected chi connectivity index (χ4v) is 3.70. The fraction of sp³-hybridized carbons (Fsp3) is 0.174. The first-order valence-electron chi connectivity index (χ1n) is 9.22. The summed E-state index contributed by atoms with van der Waals surface area (Å²) in [5.74, 6) is -0.00819. The standard InChI is InChI=1S/C23H20N2O3/c26-14-17(12-16-6-5-11-24-13-16)25-23(27)28-15-22-20-9-3-1-7-18(20)19-8-2-4-10-21(19)22/h1-11,13-14,17,22H,12,15H2,(H,25,27). The Morgan fingerprint density at radius 1 is 1.04 bits per heavy atom. The van der Waals surface area contributed by atoms with Crippen LogP contribution in [-0.2, 0) is 16.0 Å². The molecule has 1 N–H and O–H groups in total. The van der Waals surface area contributed by atoms with E-state index in [1.165, 1.54) is 11.1 Å². The number of alkyl carbamates (subject to hydrolysis) is 1. The zero-order valence-electron chi connectivity index (χ0n) is 15.2. The first kappa shape index (κ1) is 17.9. The number of fused-ring (bicyclic) bond motifs is 3. The van der Waals surface area contributed by atoms with Gasteiger partial charge in [0.05, 0.1) is 6.04 Å². The number of pyridine rings is 1. The van der Waals surface area contributed by atoms with E-state index in [0.717, 1.165) is 16.7 Å². The average molecular weight is 372 g/mol. The number of aldehydes is 1. The number of carbonyl (C=O) groups is 2. The lowest BCUT2D eigenvalue weighted by Crippen LogP contribution is -2.38. The Morgan fingerprint density at radius 3 is 2.32 bits per heavy atom. The van der Waals surface area contributed by atoms with Gasteiger partial charge in [-0.3, -0.25) is 4.98 Å². The normalized spacial score (nSPS) is 13.3. The second-order valence-electron chi connectivity index (χ2n) is 6.78. The number of rotatable bonds is 6. The van der Waals surface area contributed by atoms with Crippen LogP contribution in [0.15, 0.2) is 73.1 Å². The van der Waals surface area contributed by atoms with Gasteiger partial charge in [0, 0.05) is 24.7 Å². The molecule has 0 aliphatic heterocycles. The van der Waals surface area contributed by atoms with Gasteiger partial charge in [-0.05, 0) is 33.9 Å². The summed E-state index contributed by atoms with van der Waals surface area (Å²) in [6.07, 6.45) is 3.84. The predicted octanol–water partition coefficient (Wildman–Crippen LogP) is 3.73. The van der Waals surface area contributed by atoms with Crippen molar-refractivity contribution in [2.45, 2.75) is 18.4 Å². The van der Waals surface area contributed by atoms with Crippen molar-refractivity contribution in [3.63, 3.8) is 0 Å². The maximum atomic E-state index is 12.3. The summed E-state index contributed by atoms with van der Waals surface area (Å²) < 4.78 is 5.49. The zero-order chi connectivity index (χ0) is 19.3. The van der Waals surface area contributed by atoms with Crippen LogP contribution in [0.4, 0.5) is 4.79 Å². The van der Waals surface area contributed by atoms with E-state index in [4.69, 9.17) is 4.74 Å². The molecule has 0 radical (unpaired) electrons. The third-order valence-electron chi connectivity index (χ3n) is 4.99. The minimum absolute atomic E-state index is 0.00819. The van der Waals surface area contributed by atoms with E-state index in [2.05, 4.69) is 34.6 Å². The van der Waals surface area contributed by atoms with Gasteiger partial charge in [0.25, 0.3) is 0 Å². The number of hydrogen-bond acceptors (Lipinski definition) is 4. The minimum Gasteiger partial charge on any atom is -0.449 e. The summed E-state index contributed by atoms with van der Waals surface area (Å²) in [5, 5.41) is 2.63. The average Bonchev–Trinajstić information content (AvgIpc) is 3.06. The SMILES string of the molecule is O=CC(Cc1cccnc1)NC(=O)OCC1c2ccccc2-c2ccccc21. The first-order valence-corrected chi connectivity index (χ1v) is 9.22. The lowest BCUT2D eigenvalue weighted by molar-refractivity contribution is -0.109. The van der Waals surface area contributed by atoms with Gasteiger partial charge in [-0.2, -0.15) is 0 Å². The van der Waals surface area contributed by atoms with Crippen LogP contribution in [0.2, 0.25) is 0 Å². The predicted molar refractivity (Wildman–Crippen MR) is 106 cm³/mol. The van der Waals surface area contributed by atoms with Crippen molar-refractivity contribution in [1.82, 2.24) is 10.3 Å². The molecule has 3 aromatic rings. The van der Waals surface area contributed by atoms with Crippen LogP contribution in [0.3, 0.4) is 0 Å². The third kappa shape index (κ3) is 3.64. The highest BCUT2D eigenvalue weighted by molar-refractivity contribution is 5.79. The molecule has 5 heteroatoms. The second kappa shape index (κ2) is 8.05. The topological polar surface area (TPSA) is 68.3 Å². The lowest BCUT2D eigenvalue weighted by Gasteiger charge is -2.16. The Bertz CT molecular complexity index is 942. The van der Waals surface area contributed by atoms with Gasteiger partial charge in [-0.15, -0.1) is 0 Å². The third-order valence-corrected chi connectivity index (χ3v) is 4.99. The second-order valence-corrected chi connectivity index (χ2v) is 6.78. The molecule has 1 heterocycles. The number of carbonyl (C=O) groups excluding carboxylic acids is 2. The van der Waals surface area contributed by atoms with E-state index in [1.54, 1.807) is 18.5 Å². The van der Waals surface area contributed by atoms with Gasteiger partial charge < -0.3 is 14.8 Å². The van der Waals surface area contributed by atoms with Crippen LogP contribution in [0.1, 0.15) is 22.6 Å². The molecule has 1 aliphatic rings. The quantitative estimate of drug-likeness (QED) is 0.670. The van der Waals surface area contributed by atoms with E-state index in [-0.39, 0.29) is 12.5 Å². The Hall–Kier alpha value is -3.47. The maximum absolute atomic E-state index is 12.3. The fourth-order valence-electron chi connectivity index (χ4n) is 3.70. The highest BCUT2D eigenvalue weighted by Gasteiger charge is 2.29. The van der Waals surface area contributed by atoms with Crippen molar-refractivity contribution in [3.8, 4) is 11.1 Å². The minimum atomic E-state index is -0.653. The summed E-state index contributed by atoms with van der Waals surface area (Å²) in [6.45, 7) is 0.221. The monoisotopic (exact) mass is 372 g/mol. The Balaban J connectivity index is 1.41. The van der Waals surface area contributed by atoms with Crippen LogP contribution in [0.25, 0.3) is 11.1 Å². The van der Waals surface area contributed by atoms with Gasteiger partial charge in [-0.25, -0.2) is 4.79 Å². The molecule has 4 rings (SSSR count). The Morgan fingerprint density at radius 2 is 1.71 bits per heavy atom. The lowest BCUT2D eigenvalue weighted by atomic mass is 9.98. The van der Waals surface area contributed by atoms with E-state index in [0.29, 0.717) is 12.7 Å². The molecule has 0 saturated carbocycles. The molecule has 140 valence electrons. The summed E-state index contributed by atoms with van der Waals surface area (Å²) in [7, 11) is 0. The van der Waals surface area contributed by atoms with Crippen molar-refractivity contribution in [3.05, 3.63) is 89.7 Å². The number of aromatic nitrogens is 1. The molecule has 1 aromatic heterocycles. The molecule has 28 heavy (non-hydrogen) atoms. The number of nitrogens with one attached hydrogen (secondary N) is 1. The molecule has 0 saturated heterocycles. The Kier molecular flexibility index (Phi) is 5.15. The first-order chi connectivity index (χ1) is 13.8. The molecule has 0 spiro atoms. The van der Waals surface area contributed by atoms with E-state index in [9.17, 15) is 9.59 Å². The largest absolute Gasteiger partial charge is 0.449 e. The van der Waals surface area contributed by atoms with Gasteiger partial charge in [-0.1, -0.05) is 54.6 Å². The molecule has 1 amide bonds. The molecule has 5 nitrogen and oxygen atoms in total. The Labute approximate surface area is 163 Å². The molecule has 2 aromatic carbocycles. The molecule has 0 fully saturated rings. The van der Waals surface area contributed by atoms with Crippen molar-refractivity contribution >= 4 is 12.4 Å². The highest BCUT2D eigenvalue weighted by Crippen LogP contribution is 2.44. The number of benzene rings is 2. The van der Waals surface area contributed by atoms with Crippen molar-refractivity contribution in [1.29, 1.82) is 0 Å². The van der Waals surface area contributed by atoms with Crippen molar-refractivity contribution < 1.29 is 14.3 Å². The number of nitrogens with zero attached hydrogens (tertiary/aromatic N) is 1. The van der Waals surface area contributed by atoms with Gasteiger partial charge in [0.15, 0.2) is 0 Å². The van der Waals surface area contributed by atoms with Gasteiger partial charge in [0.1, 0.15) is 12.9 Å². The number of amides is 1. The molecular weight excluding hydrogens is 352 g/mol. The summed E-state index contributed by atoms with van der Waals surface area (Å²) in [6, 6.07) is 19.3. The molecule has 1 aliphatic carbocycles. The van der Waals surface area contributed by atoms with Crippen molar-refractivity contribution in [2.24, 2.45) is 0 Å². The summed E-state index contributed by atoms with van der Waals surface area (Å²) in [5.41, 5.74) is 5.53. The summed E-state index contributed by atoms with van der Waals surface area (Å²) in [4.78, 5) is 27.6. The van der Waals surface area contributed by atoms with Crippen LogP contribution < -0.4 is 5.32 Å². The van der Waals surface area contributed by atoms with Crippen LogP contribution in [0, 0.1) is 0 Å². The highest BCUT2D eigenvalue weighted by atomic mass is 16.5. The van der Waals surface area contributed by atoms with Crippen molar-refractivity contribution in [2.75, 3.05) is 6.61 Å². The van der Waals surface area contributed by atoms with Gasteiger partial charge in [0.2, 0.25) is 0 Å². The van der Waals surface area contributed by atoms with E-state index in [1.807, 2.05) is 30.3 Å². The summed E-state index contributed by atoms with van der Waals surface area (Å²) >= 11 is 0. The number of hydrogen-bond donors (Lipinski definition) is 1. The smallest absolute Gasteiger partial charge is 0.407 e. The van der Waals surface area contributed by atoms with Crippen LogP contribution in [0.5, 0.6) is 0 Å². The van der Waals surface area contributed by atoms with Crippen LogP contribution >= 0.6 is 0 Å². The van der Waals surface area contributed by atoms with E-state index >= 15 is 0 Å². The zero-order valence-corrected chi connectivity index (χ0v) is 15.2. The maximum Gasteiger partial charge on any atom is 0.407 e. The molecular formula is C23H20N2O3. The van der Waals surface area contributed by atoms with Crippen LogP contribution in [-0.4, -0.2) is 30.0 Å². The number of ether oxygens (including phenoxy) is 1. The van der Waals surface area contributed by atoms with E-state index < -0.39 is 12.1 Å². The van der Waals surface area contributed by atoms with Gasteiger partial charge >= 0.3 is 6.09 Å². The molecule has 0 bridgehead atoms.